The minimum Gasteiger partial charge on any atom is -0.497 e. The lowest BCUT2D eigenvalue weighted by atomic mass is 10.2. The number of benzene rings is 2. The summed E-state index contributed by atoms with van der Waals surface area (Å²) in [6, 6.07) is 22.7. The molecule has 0 amide bonds. The fourth-order valence-electron chi connectivity index (χ4n) is 2.50. The summed E-state index contributed by atoms with van der Waals surface area (Å²) in [5.74, 6) is 0.870. The van der Waals surface area contributed by atoms with Gasteiger partial charge in [0.1, 0.15) is 5.75 Å². The zero-order valence-electron chi connectivity index (χ0n) is 12.7. The minimum atomic E-state index is 0.819. The Kier molecular flexibility index (Phi) is 4.56. The van der Waals surface area contributed by atoms with Crippen LogP contribution in [0.1, 0.15) is 11.3 Å². The Balaban J connectivity index is 1.69. The lowest BCUT2D eigenvalue weighted by Gasteiger charge is -2.11. The number of hydrogen-bond donors (Lipinski definition) is 1. The highest BCUT2D eigenvalue weighted by Gasteiger charge is 2.04. The second-order valence-corrected chi connectivity index (χ2v) is 5.16. The van der Waals surface area contributed by atoms with E-state index in [9.17, 15) is 0 Å². The van der Waals surface area contributed by atoms with Crippen molar-refractivity contribution in [2.24, 2.45) is 0 Å². The normalized spacial score (nSPS) is 10.6. The molecule has 3 rings (SSSR count). The summed E-state index contributed by atoms with van der Waals surface area (Å²) in [5, 5.41) is 3.49. The van der Waals surface area contributed by atoms with Crippen LogP contribution < -0.4 is 10.1 Å². The summed E-state index contributed by atoms with van der Waals surface area (Å²) < 4.78 is 7.48. The van der Waals surface area contributed by atoms with Gasteiger partial charge in [-0.15, -0.1) is 0 Å². The van der Waals surface area contributed by atoms with Gasteiger partial charge in [-0.25, -0.2) is 0 Å². The van der Waals surface area contributed by atoms with Gasteiger partial charge >= 0.3 is 0 Å². The monoisotopic (exact) mass is 292 g/mol. The van der Waals surface area contributed by atoms with Gasteiger partial charge in [-0.3, -0.25) is 0 Å². The standard InChI is InChI=1S/C19H20N2O/c1-22-19-11-5-9-17(13-19)21-12-6-10-18(21)15-20-14-16-7-3-2-4-8-16/h2-13,20H,14-15H2,1H3. The second-order valence-electron chi connectivity index (χ2n) is 5.16. The molecule has 112 valence electrons. The maximum atomic E-state index is 5.30. The van der Waals surface area contributed by atoms with E-state index in [2.05, 4.69) is 58.5 Å². The molecule has 3 nitrogen and oxygen atoms in total. The molecule has 0 atom stereocenters. The largest absolute Gasteiger partial charge is 0.497 e. The first-order chi connectivity index (χ1) is 10.9. The number of nitrogens with zero attached hydrogens (tertiary/aromatic N) is 1. The number of methoxy groups -OCH3 is 1. The van der Waals surface area contributed by atoms with Crippen molar-refractivity contribution in [2.45, 2.75) is 13.1 Å². The van der Waals surface area contributed by atoms with Crippen LogP contribution in [0.25, 0.3) is 5.69 Å². The van der Waals surface area contributed by atoms with Crippen molar-refractivity contribution in [1.29, 1.82) is 0 Å². The molecule has 0 unspecified atom stereocenters. The summed E-state index contributed by atoms with van der Waals surface area (Å²) >= 11 is 0. The molecule has 0 aliphatic carbocycles. The third kappa shape index (κ3) is 3.38. The first kappa shape index (κ1) is 14.4. The summed E-state index contributed by atoms with van der Waals surface area (Å²) in [7, 11) is 1.69. The van der Waals surface area contributed by atoms with E-state index < -0.39 is 0 Å². The van der Waals surface area contributed by atoms with E-state index in [1.807, 2.05) is 24.3 Å². The van der Waals surface area contributed by atoms with Gasteiger partial charge in [0.25, 0.3) is 0 Å². The van der Waals surface area contributed by atoms with Crippen molar-refractivity contribution in [1.82, 2.24) is 9.88 Å². The van der Waals surface area contributed by atoms with Crippen LogP contribution in [0.3, 0.4) is 0 Å². The molecule has 2 aromatic carbocycles. The molecular weight excluding hydrogens is 272 g/mol. The fraction of sp³-hybridized carbons (Fsp3) is 0.158. The van der Waals surface area contributed by atoms with Crippen LogP contribution in [0.5, 0.6) is 5.75 Å². The number of ether oxygens (including phenoxy) is 1. The average Bonchev–Trinajstić information content (AvgIpc) is 3.04. The van der Waals surface area contributed by atoms with E-state index in [1.165, 1.54) is 11.3 Å². The van der Waals surface area contributed by atoms with Crippen molar-refractivity contribution < 1.29 is 4.74 Å². The first-order valence-electron chi connectivity index (χ1n) is 7.42. The molecular formula is C19H20N2O. The Morgan fingerprint density at radius 1 is 0.909 bits per heavy atom. The van der Waals surface area contributed by atoms with Crippen molar-refractivity contribution in [2.75, 3.05) is 7.11 Å². The van der Waals surface area contributed by atoms with E-state index in [-0.39, 0.29) is 0 Å². The summed E-state index contributed by atoms with van der Waals surface area (Å²) in [6.07, 6.45) is 2.08. The Labute approximate surface area is 131 Å². The number of aromatic nitrogens is 1. The molecule has 0 bridgehead atoms. The van der Waals surface area contributed by atoms with Crippen LogP contribution >= 0.6 is 0 Å². The quantitative estimate of drug-likeness (QED) is 0.748. The van der Waals surface area contributed by atoms with E-state index in [0.717, 1.165) is 24.5 Å². The molecule has 0 radical (unpaired) electrons. The minimum absolute atomic E-state index is 0.819. The molecule has 3 aromatic rings. The van der Waals surface area contributed by atoms with Gasteiger partial charge < -0.3 is 14.6 Å². The van der Waals surface area contributed by atoms with Crippen molar-refractivity contribution in [3.63, 3.8) is 0 Å². The first-order valence-corrected chi connectivity index (χ1v) is 7.42. The highest BCUT2D eigenvalue weighted by Crippen LogP contribution is 2.18. The summed E-state index contributed by atoms with van der Waals surface area (Å²) in [6.45, 7) is 1.68. The zero-order valence-corrected chi connectivity index (χ0v) is 12.7. The molecule has 1 aromatic heterocycles. The molecule has 0 aliphatic heterocycles. The van der Waals surface area contributed by atoms with E-state index >= 15 is 0 Å². The van der Waals surface area contributed by atoms with Crippen molar-refractivity contribution >= 4 is 0 Å². The lowest BCUT2D eigenvalue weighted by molar-refractivity contribution is 0.414. The lowest BCUT2D eigenvalue weighted by Crippen LogP contribution is -2.15. The highest BCUT2D eigenvalue weighted by molar-refractivity contribution is 5.41. The van der Waals surface area contributed by atoms with Crippen LogP contribution in [-0.2, 0) is 13.1 Å². The Hall–Kier alpha value is -2.52. The molecule has 1 N–H and O–H groups in total. The van der Waals surface area contributed by atoms with E-state index in [0.29, 0.717) is 0 Å². The van der Waals surface area contributed by atoms with Gasteiger partial charge in [0.15, 0.2) is 0 Å². The Bertz CT molecular complexity index is 719. The predicted molar refractivity (Wildman–Crippen MR) is 89.3 cm³/mol. The molecule has 3 heteroatoms. The summed E-state index contributed by atoms with van der Waals surface area (Å²) in [4.78, 5) is 0. The number of hydrogen-bond acceptors (Lipinski definition) is 2. The topological polar surface area (TPSA) is 26.2 Å². The van der Waals surface area contributed by atoms with Gasteiger partial charge in [-0.2, -0.15) is 0 Å². The molecule has 0 saturated heterocycles. The zero-order chi connectivity index (χ0) is 15.2. The van der Waals surface area contributed by atoms with Crippen molar-refractivity contribution in [3.05, 3.63) is 84.2 Å². The van der Waals surface area contributed by atoms with Gasteiger partial charge in [-0.05, 0) is 29.8 Å². The van der Waals surface area contributed by atoms with Gasteiger partial charge in [0.2, 0.25) is 0 Å². The van der Waals surface area contributed by atoms with Gasteiger partial charge in [-0.1, -0.05) is 36.4 Å². The SMILES string of the molecule is COc1cccc(-n2cccc2CNCc2ccccc2)c1. The van der Waals surface area contributed by atoms with Crippen LogP contribution in [0.4, 0.5) is 0 Å². The molecule has 0 fully saturated rings. The van der Waals surface area contributed by atoms with Crippen LogP contribution in [0.15, 0.2) is 72.9 Å². The molecule has 0 spiro atoms. The Morgan fingerprint density at radius 2 is 1.77 bits per heavy atom. The number of rotatable bonds is 6. The average molecular weight is 292 g/mol. The maximum absolute atomic E-state index is 5.30. The number of nitrogens with one attached hydrogen (secondary N) is 1. The van der Waals surface area contributed by atoms with Crippen LogP contribution in [0.2, 0.25) is 0 Å². The molecule has 0 saturated carbocycles. The van der Waals surface area contributed by atoms with Crippen LogP contribution in [-0.4, -0.2) is 11.7 Å². The smallest absolute Gasteiger partial charge is 0.120 e. The van der Waals surface area contributed by atoms with E-state index in [4.69, 9.17) is 4.74 Å². The second kappa shape index (κ2) is 6.96. The van der Waals surface area contributed by atoms with Crippen LogP contribution in [0, 0.1) is 0 Å². The highest BCUT2D eigenvalue weighted by atomic mass is 16.5. The van der Waals surface area contributed by atoms with Crippen molar-refractivity contribution in [3.8, 4) is 11.4 Å². The molecule has 1 heterocycles. The van der Waals surface area contributed by atoms with E-state index in [1.54, 1.807) is 7.11 Å². The Morgan fingerprint density at radius 3 is 2.59 bits per heavy atom. The fourth-order valence-corrected chi connectivity index (χ4v) is 2.50. The third-order valence-corrected chi connectivity index (χ3v) is 3.64. The predicted octanol–water partition coefficient (Wildman–Crippen LogP) is 3.78. The third-order valence-electron chi connectivity index (χ3n) is 3.64. The molecule has 0 aliphatic rings. The molecule has 22 heavy (non-hydrogen) atoms. The summed E-state index contributed by atoms with van der Waals surface area (Å²) in [5.41, 5.74) is 3.63. The maximum Gasteiger partial charge on any atom is 0.120 e. The van der Waals surface area contributed by atoms with Gasteiger partial charge in [0.05, 0.1) is 7.11 Å². The van der Waals surface area contributed by atoms with Gasteiger partial charge in [0, 0.05) is 36.7 Å².